The first-order valence-corrected chi connectivity index (χ1v) is 6.46. The monoisotopic (exact) mass is 306 g/mol. The minimum Gasteiger partial charge on any atom is -0.484 e. The Kier molecular flexibility index (Phi) is 10.4. The highest BCUT2D eigenvalue weighted by Crippen LogP contribution is 2.16. The van der Waals surface area contributed by atoms with Gasteiger partial charge in [0.15, 0.2) is 6.61 Å². The van der Waals surface area contributed by atoms with Crippen LogP contribution in [0.15, 0.2) is 24.3 Å². The van der Waals surface area contributed by atoms with Crippen LogP contribution in [-0.2, 0) is 4.79 Å². The Morgan fingerprint density at radius 2 is 2.11 bits per heavy atom. The van der Waals surface area contributed by atoms with E-state index < -0.39 is 0 Å². The van der Waals surface area contributed by atoms with E-state index in [-0.39, 0.29) is 24.9 Å². The van der Waals surface area contributed by atoms with E-state index in [2.05, 4.69) is 17.6 Å². The van der Waals surface area contributed by atoms with Crippen LogP contribution in [0.1, 0.15) is 13.3 Å². The molecule has 0 atom stereocenters. The van der Waals surface area contributed by atoms with Crippen LogP contribution in [0.2, 0.25) is 5.02 Å². The lowest BCUT2D eigenvalue weighted by atomic mass is 10.3. The molecule has 0 unspecified atom stereocenters. The average Bonchev–Trinajstić information content (AvgIpc) is 2.36. The highest BCUT2D eigenvalue weighted by molar-refractivity contribution is 6.30. The largest absolute Gasteiger partial charge is 0.484 e. The van der Waals surface area contributed by atoms with Gasteiger partial charge in [0, 0.05) is 18.1 Å². The summed E-state index contributed by atoms with van der Waals surface area (Å²) < 4.78 is 5.31. The Morgan fingerprint density at radius 1 is 1.32 bits per heavy atom. The van der Waals surface area contributed by atoms with Gasteiger partial charge in [-0.1, -0.05) is 24.6 Å². The molecule has 1 aromatic rings. The molecular weight excluding hydrogens is 287 g/mol. The number of amides is 1. The summed E-state index contributed by atoms with van der Waals surface area (Å²) in [5.41, 5.74) is 0. The minimum absolute atomic E-state index is 0. The molecule has 1 rings (SSSR count). The van der Waals surface area contributed by atoms with Crippen LogP contribution < -0.4 is 15.4 Å². The maximum atomic E-state index is 11.4. The van der Waals surface area contributed by atoms with E-state index >= 15 is 0 Å². The van der Waals surface area contributed by atoms with Gasteiger partial charge in [0.1, 0.15) is 5.75 Å². The van der Waals surface area contributed by atoms with E-state index in [0.717, 1.165) is 19.5 Å². The van der Waals surface area contributed by atoms with E-state index in [4.69, 9.17) is 16.3 Å². The number of hydrogen-bond donors (Lipinski definition) is 2. The second-order valence-corrected chi connectivity index (χ2v) is 4.28. The van der Waals surface area contributed by atoms with Crippen molar-refractivity contribution in [2.45, 2.75) is 13.3 Å². The van der Waals surface area contributed by atoms with E-state index in [1.807, 2.05) is 0 Å². The number of rotatable bonds is 8. The summed E-state index contributed by atoms with van der Waals surface area (Å²) in [5.74, 6) is 0.468. The third-order valence-corrected chi connectivity index (χ3v) is 2.45. The minimum atomic E-state index is -0.131. The molecule has 1 aromatic carbocycles. The predicted molar refractivity (Wildman–Crippen MR) is 80.4 cm³/mol. The smallest absolute Gasteiger partial charge is 0.257 e. The Labute approximate surface area is 125 Å². The summed E-state index contributed by atoms with van der Waals surface area (Å²) in [6.45, 7) is 4.46. The summed E-state index contributed by atoms with van der Waals surface area (Å²) in [7, 11) is 0. The fourth-order valence-corrected chi connectivity index (χ4v) is 1.53. The number of carbonyl (C=O) groups excluding carboxylic acids is 1. The van der Waals surface area contributed by atoms with Gasteiger partial charge in [0.05, 0.1) is 0 Å². The number of benzene rings is 1. The van der Waals surface area contributed by atoms with Gasteiger partial charge in [-0.15, -0.1) is 12.4 Å². The van der Waals surface area contributed by atoms with E-state index in [1.165, 1.54) is 0 Å². The summed E-state index contributed by atoms with van der Waals surface area (Å²) >= 11 is 5.80. The first-order chi connectivity index (χ1) is 8.72. The molecule has 108 valence electrons. The zero-order chi connectivity index (χ0) is 13.2. The second kappa shape index (κ2) is 10.9. The van der Waals surface area contributed by atoms with Gasteiger partial charge in [-0.2, -0.15) is 0 Å². The highest BCUT2D eigenvalue weighted by atomic mass is 35.5. The molecule has 0 aromatic heterocycles. The third-order valence-electron chi connectivity index (χ3n) is 2.22. The maximum absolute atomic E-state index is 11.4. The molecule has 19 heavy (non-hydrogen) atoms. The van der Waals surface area contributed by atoms with Crippen molar-refractivity contribution in [2.75, 3.05) is 26.2 Å². The SMILES string of the molecule is CCCNCCNC(=O)COc1cccc(Cl)c1.Cl. The second-order valence-electron chi connectivity index (χ2n) is 3.85. The molecule has 0 aliphatic rings. The number of halogens is 2. The van der Waals surface area contributed by atoms with Gasteiger partial charge in [0.2, 0.25) is 0 Å². The summed E-state index contributed by atoms with van der Waals surface area (Å²) in [6.07, 6.45) is 1.09. The molecule has 4 nitrogen and oxygen atoms in total. The first kappa shape index (κ1) is 18.0. The van der Waals surface area contributed by atoms with Crippen LogP contribution in [0, 0.1) is 0 Å². The number of hydrogen-bond acceptors (Lipinski definition) is 3. The third kappa shape index (κ3) is 8.70. The molecule has 0 saturated carbocycles. The van der Waals surface area contributed by atoms with Crippen LogP contribution in [0.5, 0.6) is 5.75 Å². The lowest BCUT2D eigenvalue weighted by Gasteiger charge is -2.08. The van der Waals surface area contributed by atoms with E-state index in [9.17, 15) is 4.79 Å². The molecule has 6 heteroatoms. The average molecular weight is 307 g/mol. The molecule has 2 N–H and O–H groups in total. The van der Waals surface area contributed by atoms with Crippen molar-refractivity contribution in [1.82, 2.24) is 10.6 Å². The van der Waals surface area contributed by atoms with Crippen LogP contribution in [0.3, 0.4) is 0 Å². The van der Waals surface area contributed by atoms with Crippen molar-refractivity contribution in [3.8, 4) is 5.75 Å². The molecule has 0 fully saturated rings. The van der Waals surface area contributed by atoms with Gasteiger partial charge in [0.25, 0.3) is 5.91 Å². The van der Waals surface area contributed by atoms with Crippen molar-refractivity contribution in [3.63, 3.8) is 0 Å². The highest BCUT2D eigenvalue weighted by Gasteiger charge is 2.02. The lowest BCUT2D eigenvalue weighted by molar-refractivity contribution is -0.123. The molecule has 0 spiro atoms. The molecule has 1 amide bonds. The van der Waals surface area contributed by atoms with Gasteiger partial charge in [-0.25, -0.2) is 0 Å². The first-order valence-electron chi connectivity index (χ1n) is 6.08. The van der Waals surface area contributed by atoms with Crippen molar-refractivity contribution in [3.05, 3.63) is 29.3 Å². The molecular formula is C13H20Cl2N2O2. The van der Waals surface area contributed by atoms with Gasteiger partial charge < -0.3 is 15.4 Å². The number of ether oxygens (including phenoxy) is 1. The van der Waals surface area contributed by atoms with Crippen molar-refractivity contribution >= 4 is 29.9 Å². The maximum Gasteiger partial charge on any atom is 0.257 e. The topological polar surface area (TPSA) is 50.4 Å². The molecule has 0 saturated heterocycles. The van der Waals surface area contributed by atoms with Crippen molar-refractivity contribution in [1.29, 1.82) is 0 Å². The lowest BCUT2D eigenvalue weighted by Crippen LogP contribution is -2.34. The Balaban J connectivity index is 0.00000324. The fraction of sp³-hybridized carbons (Fsp3) is 0.462. The Morgan fingerprint density at radius 3 is 2.79 bits per heavy atom. The van der Waals surface area contributed by atoms with E-state index in [1.54, 1.807) is 24.3 Å². The van der Waals surface area contributed by atoms with Gasteiger partial charge in [-0.05, 0) is 31.2 Å². The standard InChI is InChI=1S/C13H19ClN2O2.ClH/c1-2-6-15-7-8-16-13(17)10-18-12-5-3-4-11(14)9-12;/h3-5,9,15H,2,6-8,10H2,1H3,(H,16,17);1H. The molecule has 0 aliphatic carbocycles. The normalized spacial score (nSPS) is 9.58. The van der Waals surface area contributed by atoms with Gasteiger partial charge >= 0.3 is 0 Å². The van der Waals surface area contributed by atoms with Crippen LogP contribution >= 0.6 is 24.0 Å². The molecule has 0 bridgehead atoms. The van der Waals surface area contributed by atoms with Gasteiger partial charge in [-0.3, -0.25) is 4.79 Å². The zero-order valence-electron chi connectivity index (χ0n) is 10.9. The van der Waals surface area contributed by atoms with Crippen LogP contribution in [-0.4, -0.2) is 32.1 Å². The number of nitrogens with one attached hydrogen (secondary N) is 2. The zero-order valence-corrected chi connectivity index (χ0v) is 12.5. The Bertz CT molecular complexity index is 375. The number of carbonyl (C=O) groups is 1. The summed E-state index contributed by atoms with van der Waals surface area (Å²) in [4.78, 5) is 11.4. The van der Waals surface area contributed by atoms with Crippen LogP contribution in [0.25, 0.3) is 0 Å². The summed E-state index contributed by atoms with van der Waals surface area (Å²) in [6, 6.07) is 6.98. The Hall–Kier alpha value is -0.970. The predicted octanol–water partition coefficient (Wildman–Crippen LogP) is 2.26. The van der Waals surface area contributed by atoms with E-state index in [0.29, 0.717) is 17.3 Å². The van der Waals surface area contributed by atoms with Crippen LogP contribution in [0.4, 0.5) is 0 Å². The fourth-order valence-electron chi connectivity index (χ4n) is 1.35. The molecule has 0 heterocycles. The molecule has 0 aliphatic heterocycles. The van der Waals surface area contributed by atoms with Crippen molar-refractivity contribution < 1.29 is 9.53 Å². The van der Waals surface area contributed by atoms with Crippen molar-refractivity contribution in [2.24, 2.45) is 0 Å². The quantitative estimate of drug-likeness (QED) is 0.724. The molecule has 0 radical (unpaired) electrons. The summed E-state index contributed by atoms with van der Waals surface area (Å²) in [5, 5.41) is 6.56.